The van der Waals surface area contributed by atoms with Gasteiger partial charge in [-0.1, -0.05) is 18.2 Å². The maximum atomic E-state index is 13.0. The standard InChI is InChI=1S/C19H18F3N5.C4H4O4/c20-19(21,22)14-3-1-2-12(10-14)13-4-5-15-16(11-13)25-18(23)26-17(15)27-8-6-24-7-9-27;5-3(6)1-2-4(7)8/h1-5,10-11,24H,6-9H2,(H2,23,25,26);1-2H,(H,5,6)(H,7,8). The zero-order valence-electron chi connectivity index (χ0n) is 18.3. The highest BCUT2D eigenvalue weighted by Crippen LogP contribution is 2.34. The molecular weight excluding hydrogens is 467 g/mol. The monoisotopic (exact) mass is 489 g/mol. The Hall–Kier alpha value is -4.19. The van der Waals surface area contributed by atoms with Gasteiger partial charge >= 0.3 is 18.1 Å². The number of hydrogen-bond acceptors (Lipinski definition) is 7. The van der Waals surface area contributed by atoms with Crippen molar-refractivity contribution in [2.24, 2.45) is 0 Å². The van der Waals surface area contributed by atoms with E-state index in [9.17, 15) is 22.8 Å². The molecule has 1 aliphatic heterocycles. The van der Waals surface area contributed by atoms with Gasteiger partial charge in [-0.25, -0.2) is 14.6 Å². The quantitative estimate of drug-likeness (QED) is 0.407. The van der Waals surface area contributed by atoms with Gasteiger partial charge in [0.1, 0.15) is 5.82 Å². The van der Waals surface area contributed by atoms with Crippen molar-refractivity contribution >= 4 is 34.6 Å². The minimum absolute atomic E-state index is 0.150. The van der Waals surface area contributed by atoms with Crippen LogP contribution in [-0.2, 0) is 15.8 Å². The zero-order chi connectivity index (χ0) is 25.6. The van der Waals surface area contributed by atoms with Crippen LogP contribution in [0.1, 0.15) is 5.56 Å². The third kappa shape index (κ3) is 6.90. The van der Waals surface area contributed by atoms with E-state index in [-0.39, 0.29) is 5.95 Å². The number of hydrogen-bond donors (Lipinski definition) is 4. The fourth-order valence-corrected chi connectivity index (χ4v) is 3.45. The van der Waals surface area contributed by atoms with E-state index in [1.54, 1.807) is 18.2 Å². The smallest absolute Gasteiger partial charge is 0.416 e. The first kappa shape index (κ1) is 25.4. The topological polar surface area (TPSA) is 142 Å². The van der Waals surface area contributed by atoms with Gasteiger partial charge < -0.3 is 26.2 Å². The first-order chi connectivity index (χ1) is 16.5. The lowest BCUT2D eigenvalue weighted by atomic mass is 10.0. The Bertz CT molecular complexity index is 1240. The highest BCUT2D eigenvalue weighted by atomic mass is 19.4. The number of alkyl halides is 3. The lowest BCUT2D eigenvalue weighted by Gasteiger charge is -2.29. The summed E-state index contributed by atoms with van der Waals surface area (Å²) in [5.74, 6) is -1.60. The molecule has 4 rings (SSSR count). The van der Waals surface area contributed by atoms with Gasteiger partial charge in [0.25, 0.3) is 0 Å². The Kier molecular flexibility index (Phi) is 7.87. The maximum Gasteiger partial charge on any atom is 0.416 e. The molecule has 9 nitrogen and oxygen atoms in total. The number of nitrogens with one attached hydrogen (secondary N) is 1. The van der Waals surface area contributed by atoms with Crippen molar-refractivity contribution in [2.45, 2.75) is 6.18 Å². The van der Waals surface area contributed by atoms with Crippen molar-refractivity contribution in [2.75, 3.05) is 36.8 Å². The molecule has 0 radical (unpaired) electrons. The summed E-state index contributed by atoms with van der Waals surface area (Å²) in [6.45, 7) is 3.32. The third-order valence-corrected chi connectivity index (χ3v) is 5.00. The SMILES string of the molecule is Nc1nc(N2CCNCC2)c2ccc(-c3cccc(C(F)(F)F)c3)cc2n1.O=C(O)C=CC(=O)O. The molecule has 1 aromatic heterocycles. The van der Waals surface area contributed by atoms with Crippen LogP contribution in [0.4, 0.5) is 24.9 Å². The lowest BCUT2D eigenvalue weighted by Crippen LogP contribution is -2.44. The van der Waals surface area contributed by atoms with Gasteiger partial charge in [0, 0.05) is 43.7 Å². The number of anilines is 2. The van der Waals surface area contributed by atoms with Crippen LogP contribution in [0.5, 0.6) is 0 Å². The summed E-state index contributed by atoms with van der Waals surface area (Å²) in [5, 5.41) is 19.7. The van der Waals surface area contributed by atoms with E-state index in [1.807, 2.05) is 6.07 Å². The average molecular weight is 489 g/mol. The van der Waals surface area contributed by atoms with Crippen LogP contribution in [0.15, 0.2) is 54.6 Å². The maximum absolute atomic E-state index is 13.0. The molecular formula is C23H22F3N5O4. The van der Waals surface area contributed by atoms with E-state index in [0.29, 0.717) is 28.8 Å². The number of carboxylic acids is 2. The van der Waals surface area contributed by atoms with Crippen LogP contribution in [0.2, 0.25) is 0 Å². The third-order valence-electron chi connectivity index (χ3n) is 5.00. The van der Waals surface area contributed by atoms with Crippen molar-refractivity contribution < 1.29 is 33.0 Å². The Morgan fingerprint density at radius 3 is 2.20 bits per heavy atom. The fraction of sp³-hybridized carbons (Fsp3) is 0.217. The van der Waals surface area contributed by atoms with E-state index >= 15 is 0 Å². The number of fused-ring (bicyclic) bond motifs is 1. The van der Waals surface area contributed by atoms with Gasteiger partial charge in [-0.2, -0.15) is 18.2 Å². The minimum Gasteiger partial charge on any atom is -0.478 e. The van der Waals surface area contributed by atoms with Crippen LogP contribution in [0.3, 0.4) is 0 Å². The minimum atomic E-state index is -4.38. The molecule has 0 spiro atoms. The molecule has 0 saturated carbocycles. The molecule has 12 heteroatoms. The van der Waals surface area contributed by atoms with Crippen molar-refractivity contribution in [1.29, 1.82) is 0 Å². The van der Waals surface area contributed by atoms with Gasteiger partial charge in [-0.05, 0) is 35.4 Å². The summed E-state index contributed by atoms with van der Waals surface area (Å²) in [5.41, 5.74) is 6.96. The lowest BCUT2D eigenvalue weighted by molar-refractivity contribution is -0.137. The predicted molar refractivity (Wildman–Crippen MR) is 124 cm³/mol. The summed E-state index contributed by atoms with van der Waals surface area (Å²) in [4.78, 5) is 29.9. The van der Waals surface area contributed by atoms with Gasteiger partial charge in [-0.3, -0.25) is 0 Å². The number of nitrogen functional groups attached to an aromatic ring is 1. The molecule has 1 saturated heterocycles. The number of benzene rings is 2. The average Bonchev–Trinajstić information content (AvgIpc) is 2.82. The molecule has 2 aromatic carbocycles. The Morgan fingerprint density at radius 1 is 0.971 bits per heavy atom. The number of carbonyl (C=O) groups is 2. The molecule has 3 aromatic rings. The number of carboxylic acid groups (broad SMARTS) is 2. The van der Waals surface area contributed by atoms with Crippen LogP contribution in [0, 0.1) is 0 Å². The second-order valence-corrected chi connectivity index (χ2v) is 7.46. The van der Waals surface area contributed by atoms with Crippen molar-refractivity contribution in [3.63, 3.8) is 0 Å². The second-order valence-electron chi connectivity index (χ2n) is 7.46. The first-order valence-electron chi connectivity index (χ1n) is 10.4. The summed E-state index contributed by atoms with van der Waals surface area (Å²) in [6.07, 6.45) is -3.26. The molecule has 0 unspecified atom stereocenters. The van der Waals surface area contributed by atoms with Crippen LogP contribution >= 0.6 is 0 Å². The predicted octanol–water partition coefficient (Wildman–Crippen LogP) is 3.02. The summed E-state index contributed by atoms with van der Waals surface area (Å²) in [6, 6.07) is 10.7. The van der Waals surface area contributed by atoms with E-state index in [0.717, 1.165) is 49.5 Å². The van der Waals surface area contributed by atoms with Crippen LogP contribution < -0.4 is 16.0 Å². The summed E-state index contributed by atoms with van der Waals surface area (Å²) in [7, 11) is 0. The van der Waals surface area contributed by atoms with Gasteiger partial charge in [0.05, 0.1) is 11.1 Å². The van der Waals surface area contributed by atoms with Crippen molar-refractivity contribution in [3.8, 4) is 11.1 Å². The summed E-state index contributed by atoms with van der Waals surface area (Å²) < 4.78 is 39.0. The molecule has 1 aliphatic rings. The zero-order valence-corrected chi connectivity index (χ0v) is 18.3. The normalized spacial score (nSPS) is 14.0. The molecule has 184 valence electrons. The molecule has 1 fully saturated rings. The molecule has 0 amide bonds. The Morgan fingerprint density at radius 2 is 1.60 bits per heavy atom. The van der Waals surface area contributed by atoms with Crippen LogP contribution in [0.25, 0.3) is 22.0 Å². The van der Waals surface area contributed by atoms with Gasteiger partial charge in [-0.15, -0.1) is 0 Å². The molecule has 0 bridgehead atoms. The number of rotatable bonds is 4. The van der Waals surface area contributed by atoms with E-state index in [4.69, 9.17) is 15.9 Å². The largest absolute Gasteiger partial charge is 0.478 e. The molecule has 5 N–H and O–H groups in total. The number of piperazine rings is 1. The number of aromatic nitrogens is 2. The molecule has 0 atom stereocenters. The summed E-state index contributed by atoms with van der Waals surface area (Å²) >= 11 is 0. The number of nitrogens with zero attached hydrogens (tertiary/aromatic N) is 3. The highest BCUT2D eigenvalue weighted by molar-refractivity contribution is 5.93. The Balaban J connectivity index is 0.000000371. The number of nitrogens with two attached hydrogens (primary N) is 1. The Labute approximate surface area is 197 Å². The fourth-order valence-electron chi connectivity index (χ4n) is 3.45. The van der Waals surface area contributed by atoms with Gasteiger partial charge in [0.15, 0.2) is 0 Å². The second kappa shape index (κ2) is 10.8. The van der Waals surface area contributed by atoms with Crippen molar-refractivity contribution in [1.82, 2.24) is 15.3 Å². The van der Waals surface area contributed by atoms with E-state index < -0.39 is 23.7 Å². The van der Waals surface area contributed by atoms with E-state index in [2.05, 4.69) is 20.2 Å². The molecule has 2 heterocycles. The van der Waals surface area contributed by atoms with Gasteiger partial charge in [0.2, 0.25) is 5.95 Å². The molecule has 35 heavy (non-hydrogen) atoms. The number of halogens is 3. The van der Waals surface area contributed by atoms with Crippen molar-refractivity contribution in [3.05, 3.63) is 60.2 Å². The van der Waals surface area contributed by atoms with E-state index in [1.165, 1.54) is 6.07 Å². The number of aliphatic carboxylic acids is 2. The first-order valence-corrected chi connectivity index (χ1v) is 10.4. The molecule has 0 aliphatic carbocycles. The van der Waals surface area contributed by atoms with Crippen LogP contribution in [-0.4, -0.2) is 58.3 Å². The highest BCUT2D eigenvalue weighted by Gasteiger charge is 2.30.